The molecule has 0 spiro atoms. The molecule has 21 heavy (non-hydrogen) atoms. The van der Waals surface area contributed by atoms with E-state index in [9.17, 15) is 14.1 Å². The van der Waals surface area contributed by atoms with Crippen LogP contribution in [-0.2, 0) is 21.3 Å². The number of hydrogen-bond acceptors (Lipinski definition) is 3. The van der Waals surface area contributed by atoms with Crippen LogP contribution in [0.2, 0.25) is 5.02 Å². The third-order valence-electron chi connectivity index (χ3n) is 3.94. The fourth-order valence-electron chi connectivity index (χ4n) is 2.66. The van der Waals surface area contributed by atoms with Gasteiger partial charge in [0, 0.05) is 21.6 Å². The molecule has 1 atom stereocenters. The summed E-state index contributed by atoms with van der Waals surface area (Å²) in [4.78, 5) is 10.9. The number of carboxylic acids is 1. The van der Waals surface area contributed by atoms with Crippen molar-refractivity contribution in [3.05, 3.63) is 34.9 Å². The second-order valence-electron chi connectivity index (χ2n) is 5.69. The van der Waals surface area contributed by atoms with E-state index in [1.807, 2.05) is 12.1 Å². The number of halogens is 1. The van der Waals surface area contributed by atoms with Crippen LogP contribution < -0.4 is 0 Å². The van der Waals surface area contributed by atoms with Gasteiger partial charge in [-0.2, -0.15) is 0 Å². The molecule has 0 aromatic heterocycles. The van der Waals surface area contributed by atoms with Gasteiger partial charge in [0.15, 0.2) is 0 Å². The van der Waals surface area contributed by atoms with Gasteiger partial charge in [0.05, 0.1) is 17.3 Å². The molecule has 0 heterocycles. The van der Waals surface area contributed by atoms with Gasteiger partial charge in [-0.3, -0.25) is 9.00 Å². The van der Waals surface area contributed by atoms with Gasteiger partial charge in [-0.15, -0.1) is 0 Å². The maximum absolute atomic E-state index is 12.2. The van der Waals surface area contributed by atoms with Crippen molar-refractivity contribution in [3.63, 3.8) is 0 Å². The van der Waals surface area contributed by atoms with E-state index in [0.29, 0.717) is 36.5 Å². The summed E-state index contributed by atoms with van der Waals surface area (Å²) in [6, 6.07) is 7.15. The molecule has 1 aromatic carbocycles. The molecule has 0 amide bonds. The zero-order chi connectivity index (χ0) is 15.5. The molecule has 1 aliphatic carbocycles. The molecular weight excluding hydrogens is 312 g/mol. The minimum absolute atomic E-state index is 0.196. The predicted molar refractivity (Wildman–Crippen MR) is 82.7 cm³/mol. The molecule has 4 nitrogen and oxygen atoms in total. The molecule has 2 N–H and O–H groups in total. The average molecular weight is 331 g/mol. The molecular formula is C15H19ClO4S. The highest BCUT2D eigenvalue weighted by Crippen LogP contribution is 2.33. The Balaban J connectivity index is 1.87. The summed E-state index contributed by atoms with van der Waals surface area (Å²) >= 11 is 5.80. The third kappa shape index (κ3) is 4.80. The number of aliphatic carboxylic acids is 1. The van der Waals surface area contributed by atoms with Crippen molar-refractivity contribution in [2.24, 2.45) is 5.92 Å². The third-order valence-corrected chi connectivity index (χ3v) is 5.70. The van der Waals surface area contributed by atoms with Crippen LogP contribution in [0.15, 0.2) is 24.3 Å². The van der Waals surface area contributed by atoms with E-state index >= 15 is 0 Å². The Morgan fingerprint density at radius 2 is 1.86 bits per heavy atom. The summed E-state index contributed by atoms with van der Waals surface area (Å²) in [7, 11) is -1.18. The Kier molecular flexibility index (Phi) is 5.41. The van der Waals surface area contributed by atoms with Crippen molar-refractivity contribution in [2.75, 3.05) is 5.75 Å². The maximum atomic E-state index is 12.2. The first-order valence-corrected chi connectivity index (χ1v) is 8.79. The van der Waals surface area contributed by atoms with Gasteiger partial charge in [-0.1, -0.05) is 23.7 Å². The summed E-state index contributed by atoms with van der Waals surface area (Å²) in [6.45, 7) is 0. The van der Waals surface area contributed by atoms with E-state index in [2.05, 4.69) is 0 Å². The number of aliphatic hydroxyl groups is 1. The molecule has 6 heteroatoms. The number of carboxylic acid groups (broad SMARTS) is 1. The highest BCUT2D eigenvalue weighted by molar-refractivity contribution is 7.84. The Hall–Kier alpha value is -0.910. The molecule has 0 bridgehead atoms. The first-order valence-electron chi connectivity index (χ1n) is 6.93. The van der Waals surface area contributed by atoms with Crippen molar-refractivity contribution >= 4 is 28.4 Å². The highest BCUT2D eigenvalue weighted by atomic mass is 35.5. The highest BCUT2D eigenvalue weighted by Gasteiger charge is 2.36. The summed E-state index contributed by atoms with van der Waals surface area (Å²) in [6.07, 6.45) is 1.70. The van der Waals surface area contributed by atoms with Crippen molar-refractivity contribution < 1.29 is 19.2 Å². The second-order valence-corrected chi connectivity index (χ2v) is 7.59. The van der Waals surface area contributed by atoms with E-state index in [1.165, 1.54) is 0 Å². The van der Waals surface area contributed by atoms with Crippen LogP contribution in [0.1, 0.15) is 31.2 Å². The zero-order valence-corrected chi connectivity index (χ0v) is 13.2. The van der Waals surface area contributed by atoms with Crippen LogP contribution in [0.25, 0.3) is 0 Å². The van der Waals surface area contributed by atoms with Gasteiger partial charge in [0.25, 0.3) is 0 Å². The fourth-order valence-corrected chi connectivity index (χ4v) is 4.34. The molecule has 1 aliphatic rings. The molecule has 0 saturated heterocycles. The summed E-state index contributed by atoms with van der Waals surface area (Å²) in [5.41, 5.74) is -0.0796. The predicted octanol–water partition coefficient (Wildman–Crippen LogP) is 2.59. The van der Waals surface area contributed by atoms with E-state index in [1.54, 1.807) is 12.1 Å². The molecule has 1 unspecified atom stereocenters. The zero-order valence-electron chi connectivity index (χ0n) is 11.6. The monoisotopic (exact) mass is 330 g/mol. The van der Waals surface area contributed by atoms with Crippen molar-refractivity contribution in [2.45, 2.75) is 37.0 Å². The van der Waals surface area contributed by atoms with Crippen LogP contribution in [-0.4, -0.2) is 31.7 Å². The molecule has 1 aromatic rings. The van der Waals surface area contributed by atoms with Gasteiger partial charge in [-0.05, 0) is 43.4 Å². The van der Waals surface area contributed by atoms with Crippen molar-refractivity contribution in [1.82, 2.24) is 0 Å². The van der Waals surface area contributed by atoms with Crippen LogP contribution in [0.4, 0.5) is 0 Å². The van der Waals surface area contributed by atoms with Crippen molar-refractivity contribution in [3.8, 4) is 0 Å². The number of benzene rings is 1. The minimum atomic E-state index is -1.18. The summed E-state index contributed by atoms with van der Waals surface area (Å²) < 4.78 is 12.2. The Morgan fingerprint density at radius 3 is 2.38 bits per heavy atom. The van der Waals surface area contributed by atoms with Crippen LogP contribution in [0.3, 0.4) is 0 Å². The Morgan fingerprint density at radius 1 is 1.29 bits per heavy atom. The first-order chi connectivity index (χ1) is 9.88. The molecule has 1 fully saturated rings. The summed E-state index contributed by atoms with van der Waals surface area (Å²) in [5.74, 6) is -0.613. The number of rotatable bonds is 5. The van der Waals surface area contributed by atoms with Gasteiger partial charge in [0.2, 0.25) is 0 Å². The second kappa shape index (κ2) is 6.90. The minimum Gasteiger partial charge on any atom is -0.481 e. The number of hydrogen-bond donors (Lipinski definition) is 2. The van der Waals surface area contributed by atoms with Crippen LogP contribution in [0, 0.1) is 5.92 Å². The SMILES string of the molecule is O=C(O)C1CCC(O)(CS(=O)Cc2ccc(Cl)cc2)CC1. The Labute approximate surface area is 131 Å². The average Bonchev–Trinajstić information content (AvgIpc) is 2.41. The lowest BCUT2D eigenvalue weighted by Gasteiger charge is -2.34. The number of carbonyl (C=O) groups is 1. The summed E-state index contributed by atoms with van der Waals surface area (Å²) in [5, 5.41) is 20.0. The van der Waals surface area contributed by atoms with Gasteiger partial charge in [0.1, 0.15) is 0 Å². The molecule has 0 aliphatic heterocycles. The van der Waals surface area contributed by atoms with E-state index in [4.69, 9.17) is 16.7 Å². The quantitative estimate of drug-likeness (QED) is 0.870. The smallest absolute Gasteiger partial charge is 0.306 e. The molecule has 0 radical (unpaired) electrons. The fraction of sp³-hybridized carbons (Fsp3) is 0.533. The lowest BCUT2D eigenvalue weighted by Crippen LogP contribution is -2.40. The van der Waals surface area contributed by atoms with E-state index in [0.717, 1.165) is 5.56 Å². The van der Waals surface area contributed by atoms with E-state index < -0.39 is 22.4 Å². The van der Waals surface area contributed by atoms with Gasteiger partial charge in [-0.25, -0.2) is 0 Å². The largest absolute Gasteiger partial charge is 0.481 e. The van der Waals surface area contributed by atoms with Gasteiger partial charge >= 0.3 is 5.97 Å². The normalized spacial score (nSPS) is 27.2. The lowest BCUT2D eigenvalue weighted by molar-refractivity contribution is -0.144. The van der Waals surface area contributed by atoms with Crippen molar-refractivity contribution in [1.29, 1.82) is 0 Å². The lowest BCUT2D eigenvalue weighted by atomic mass is 9.80. The molecule has 2 rings (SSSR count). The van der Waals surface area contributed by atoms with E-state index in [-0.39, 0.29) is 11.7 Å². The Bertz CT molecular complexity index is 521. The topological polar surface area (TPSA) is 74.6 Å². The standard InChI is InChI=1S/C15H19ClO4S/c16-13-3-1-11(2-4-13)9-21(20)10-15(19)7-5-12(6-8-15)14(17)18/h1-4,12,19H,5-10H2,(H,17,18). The van der Waals surface area contributed by atoms with Crippen LogP contribution >= 0.6 is 11.6 Å². The van der Waals surface area contributed by atoms with Crippen LogP contribution in [0.5, 0.6) is 0 Å². The maximum Gasteiger partial charge on any atom is 0.306 e. The molecule has 116 valence electrons. The van der Waals surface area contributed by atoms with Gasteiger partial charge < -0.3 is 10.2 Å². The first kappa shape index (κ1) is 16.5. The molecule has 1 saturated carbocycles.